The fraction of sp³-hybridized carbons (Fsp3) is 0.476. The molecule has 1 fully saturated rings. The maximum Gasteiger partial charge on any atom is 0.343 e. The molecule has 0 bridgehead atoms. The maximum atomic E-state index is 12.6. The van der Waals surface area contributed by atoms with Crippen LogP contribution in [0.2, 0.25) is 5.15 Å². The number of amides is 1. The average molecular weight is 404 g/mol. The van der Waals surface area contributed by atoms with Crippen molar-refractivity contribution < 1.29 is 14.3 Å². The van der Waals surface area contributed by atoms with Gasteiger partial charge in [-0.25, -0.2) is 9.48 Å². The van der Waals surface area contributed by atoms with Crippen molar-refractivity contribution in [2.24, 2.45) is 0 Å². The summed E-state index contributed by atoms with van der Waals surface area (Å²) in [6.45, 7) is 4.70. The molecule has 1 aliphatic rings. The number of esters is 1. The Morgan fingerprint density at radius 1 is 1.25 bits per heavy atom. The first-order chi connectivity index (χ1) is 13.5. The van der Waals surface area contributed by atoms with Crippen molar-refractivity contribution in [3.8, 4) is 0 Å². The first kappa shape index (κ1) is 20.4. The summed E-state index contributed by atoms with van der Waals surface area (Å²) in [4.78, 5) is 26.9. The zero-order valence-electron chi connectivity index (χ0n) is 16.4. The Bertz CT molecular complexity index is 835. The van der Waals surface area contributed by atoms with E-state index in [1.165, 1.54) is 0 Å². The van der Waals surface area contributed by atoms with E-state index in [1.807, 2.05) is 35.2 Å². The average Bonchev–Trinajstić information content (AvgIpc) is 2.99. The van der Waals surface area contributed by atoms with Gasteiger partial charge in [-0.3, -0.25) is 4.79 Å². The summed E-state index contributed by atoms with van der Waals surface area (Å²) < 4.78 is 6.87. The van der Waals surface area contributed by atoms with E-state index in [0.29, 0.717) is 12.2 Å². The fourth-order valence-corrected chi connectivity index (χ4v) is 3.99. The van der Waals surface area contributed by atoms with Crippen LogP contribution in [0.5, 0.6) is 0 Å². The highest BCUT2D eigenvalue weighted by atomic mass is 35.5. The van der Waals surface area contributed by atoms with Crippen LogP contribution in [-0.4, -0.2) is 45.8 Å². The molecule has 7 heteroatoms. The molecule has 6 nitrogen and oxygen atoms in total. The van der Waals surface area contributed by atoms with Crippen LogP contribution in [0.15, 0.2) is 30.3 Å². The van der Waals surface area contributed by atoms with Gasteiger partial charge in [-0.05, 0) is 38.2 Å². The summed E-state index contributed by atoms with van der Waals surface area (Å²) in [5, 5.41) is 4.58. The third-order valence-electron chi connectivity index (χ3n) is 5.19. The number of hydrogen-bond acceptors (Lipinski definition) is 4. The molecule has 0 N–H and O–H groups in total. The summed E-state index contributed by atoms with van der Waals surface area (Å²) >= 11 is 6.39. The lowest BCUT2D eigenvalue weighted by atomic mass is 10.00. The van der Waals surface area contributed by atoms with Crippen LogP contribution < -0.4 is 0 Å². The highest BCUT2D eigenvalue weighted by molar-refractivity contribution is 6.32. The van der Waals surface area contributed by atoms with Gasteiger partial charge >= 0.3 is 5.97 Å². The zero-order valence-corrected chi connectivity index (χ0v) is 17.1. The van der Waals surface area contributed by atoms with Crippen LogP contribution in [0.25, 0.3) is 0 Å². The Morgan fingerprint density at radius 3 is 2.71 bits per heavy atom. The predicted octanol–water partition coefficient (Wildman–Crippen LogP) is 3.84. The lowest BCUT2D eigenvalue weighted by Gasteiger charge is -2.35. The van der Waals surface area contributed by atoms with Crippen LogP contribution in [0.3, 0.4) is 0 Å². The topological polar surface area (TPSA) is 64.4 Å². The number of piperidine rings is 1. The fourth-order valence-electron chi connectivity index (χ4n) is 3.68. The van der Waals surface area contributed by atoms with Crippen LogP contribution in [0.4, 0.5) is 0 Å². The molecule has 0 spiro atoms. The van der Waals surface area contributed by atoms with Crippen LogP contribution in [-0.2, 0) is 16.1 Å². The molecule has 1 saturated heterocycles. The minimum Gasteiger partial charge on any atom is -0.452 e. The van der Waals surface area contributed by atoms with Gasteiger partial charge in [0, 0.05) is 12.6 Å². The van der Waals surface area contributed by atoms with Gasteiger partial charge in [0.05, 0.1) is 12.2 Å². The van der Waals surface area contributed by atoms with Gasteiger partial charge < -0.3 is 9.64 Å². The molecule has 0 aliphatic carbocycles. The van der Waals surface area contributed by atoms with Gasteiger partial charge in [0.25, 0.3) is 5.91 Å². The zero-order chi connectivity index (χ0) is 20.1. The molecule has 3 rings (SSSR count). The Morgan fingerprint density at radius 2 is 2.00 bits per heavy atom. The number of hydrogen-bond donors (Lipinski definition) is 0. The summed E-state index contributed by atoms with van der Waals surface area (Å²) in [6, 6.07) is 9.97. The number of rotatable bonds is 6. The van der Waals surface area contributed by atoms with Crippen molar-refractivity contribution in [2.75, 3.05) is 13.2 Å². The van der Waals surface area contributed by atoms with Crippen molar-refractivity contribution in [3.63, 3.8) is 0 Å². The number of halogens is 1. The molecule has 1 amide bonds. The van der Waals surface area contributed by atoms with Crippen LogP contribution in [0.1, 0.15) is 54.2 Å². The van der Waals surface area contributed by atoms with Crippen LogP contribution >= 0.6 is 11.6 Å². The molecular weight excluding hydrogens is 378 g/mol. The van der Waals surface area contributed by atoms with E-state index < -0.39 is 5.97 Å². The molecule has 0 saturated carbocycles. The minimum absolute atomic E-state index is 0.148. The lowest BCUT2D eigenvalue weighted by molar-refractivity contribution is -0.138. The summed E-state index contributed by atoms with van der Waals surface area (Å²) in [5.41, 5.74) is 1.73. The number of aryl methyl sites for hydroxylation is 1. The third kappa shape index (κ3) is 4.55. The number of ether oxygens (including phenoxy) is 1. The molecule has 2 heterocycles. The molecule has 1 unspecified atom stereocenters. The van der Waals surface area contributed by atoms with Gasteiger partial charge in [0.1, 0.15) is 10.7 Å². The van der Waals surface area contributed by atoms with Gasteiger partial charge in [-0.1, -0.05) is 48.9 Å². The smallest absolute Gasteiger partial charge is 0.343 e. The first-order valence-corrected chi connectivity index (χ1v) is 10.1. The van der Waals surface area contributed by atoms with Crippen LogP contribution in [0, 0.1) is 6.92 Å². The van der Waals surface area contributed by atoms with E-state index in [-0.39, 0.29) is 29.3 Å². The standard InChI is InChI=1S/C21H26ClN3O3/c1-3-17-11-7-8-12-24(17)18(26)14-28-21(27)19-15(2)23-25(20(19)22)13-16-9-5-4-6-10-16/h4-6,9-10,17H,3,7-8,11-14H2,1-2H3. The van der Waals surface area contributed by atoms with Crippen molar-refractivity contribution >= 4 is 23.5 Å². The van der Waals surface area contributed by atoms with E-state index in [9.17, 15) is 9.59 Å². The summed E-state index contributed by atoms with van der Waals surface area (Å²) in [6.07, 6.45) is 4.05. The normalized spacial score (nSPS) is 16.8. The highest BCUT2D eigenvalue weighted by Gasteiger charge is 2.27. The number of carbonyl (C=O) groups is 2. The van der Waals surface area contributed by atoms with E-state index in [0.717, 1.165) is 37.8 Å². The van der Waals surface area contributed by atoms with E-state index in [4.69, 9.17) is 16.3 Å². The van der Waals surface area contributed by atoms with Gasteiger partial charge in [0.15, 0.2) is 6.61 Å². The third-order valence-corrected chi connectivity index (χ3v) is 5.57. The van der Waals surface area contributed by atoms with Gasteiger partial charge in [-0.2, -0.15) is 5.10 Å². The molecule has 0 radical (unpaired) electrons. The quantitative estimate of drug-likeness (QED) is 0.687. The molecule has 28 heavy (non-hydrogen) atoms. The monoisotopic (exact) mass is 403 g/mol. The second-order valence-corrected chi connectivity index (χ2v) is 7.47. The van der Waals surface area contributed by atoms with Crippen molar-refractivity contribution in [2.45, 2.75) is 52.1 Å². The molecule has 1 aromatic heterocycles. The largest absolute Gasteiger partial charge is 0.452 e. The Balaban J connectivity index is 1.65. The van der Waals surface area contributed by atoms with E-state index in [1.54, 1.807) is 11.6 Å². The Kier molecular flexibility index (Phi) is 6.73. The van der Waals surface area contributed by atoms with Gasteiger partial charge in [0.2, 0.25) is 0 Å². The number of aromatic nitrogens is 2. The SMILES string of the molecule is CCC1CCCCN1C(=O)COC(=O)c1c(C)nn(Cc2ccccc2)c1Cl. The number of benzene rings is 1. The minimum atomic E-state index is -0.611. The number of nitrogens with zero attached hydrogens (tertiary/aromatic N) is 3. The molecule has 2 aromatic rings. The van der Waals surface area contributed by atoms with E-state index >= 15 is 0 Å². The first-order valence-electron chi connectivity index (χ1n) is 9.74. The lowest BCUT2D eigenvalue weighted by Crippen LogP contribution is -2.45. The second kappa shape index (κ2) is 9.24. The number of likely N-dealkylation sites (tertiary alicyclic amines) is 1. The highest BCUT2D eigenvalue weighted by Crippen LogP contribution is 2.23. The number of carbonyl (C=O) groups excluding carboxylic acids is 2. The molecule has 1 aromatic carbocycles. The van der Waals surface area contributed by atoms with Crippen molar-refractivity contribution in [1.29, 1.82) is 0 Å². The Labute approximate surface area is 170 Å². The molecule has 150 valence electrons. The predicted molar refractivity (Wildman–Crippen MR) is 107 cm³/mol. The summed E-state index contributed by atoms with van der Waals surface area (Å²) in [7, 11) is 0. The van der Waals surface area contributed by atoms with Crippen molar-refractivity contribution in [1.82, 2.24) is 14.7 Å². The Hall–Kier alpha value is -2.34. The van der Waals surface area contributed by atoms with E-state index in [2.05, 4.69) is 12.0 Å². The molecular formula is C21H26ClN3O3. The maximum absolute atomic E-state index is 12.6. The summed E-state index contributed by atoms with van der Waals surface area (Å²) in [5.74, 6) is -0.759. The molecule has 1 aliphatic heterocycles. The second-order valence-electron chi connectivity index (χ2n) is 7.12. The van der Waals surface area contributed by atoms with Crippen molar-refractivity contribution in [3.05, 3.63) is 52.3 Å². The molecule has 1 atom stereocenters. The van der Waals surface area contributed by atoms with Gasteiger partial charge in [-0.15, -0.1) is 0 Å².